The summed E-state index contributed by atoms with van der Waals surface area (Å²) in [5.74, 6) is 1.95. The zero-order valence-electron chi connectivity index (χ0n) is 15.5. The van der Waals surface area contributed by atoms with E-state index in [-0.39, 0.29) is 11.9 Å². The van der Waals surface area contributed by atoms with Gasteiger partial charge >= 0.3 is 0 Å². The number of carbonyl (C=O) groups is 1. The Morgan fingerprint density at radius 1 is 1.32 bits per heavy atom. The standard InChI is InChI=1S/C19H27N3O3/c1-12-9-17(14(3)22(12)19-10-13(2)25-20-19)18(24)11-21-7-5-16(6-8-21)15(4)23/h9-10,15-16,23H,5-8,11H2,1-4H3. The van der Waals surface area contributed by atoms with Crippen LogP contribution in [0.4, 0.5) is 0 Å². The van der Waals surface area contributed by atoms with Gasteiger partial charge in [0.2, 0.25) is 0 Å². The number of hydrogen-bond donors (Lipinski definition) is 1. The average molecular weight is 345 g/mol. The van der Waals surface area contributed by atoms with E-state index >= 15 is 0 Å². The first-order valence-electron chi connectivity index (χ1n) is 8.93. The number of aliphatic hydroxyl groups excluding tert-OH is 1. The minimum absolute atomic E-state index is 0.134. The summed E-state index contributed by atoms with van der Waals surface area (Å²) in [5.41, 5.74) is 2.62. The lowest BCUT2D eigenvalue weighted by atomic mass is 9.92. The van der Waals surface area contributed by atoms with Crippen molar-refractivity contribution in [2.45, 2.75) is 46.6 Å². The Hall–Kier alpha value is -1.92. The Morgan fingerprint density at radius 2 is 2.00 bits per heavy atom. The van der Waals surface area contributed by atoms with Crippen LogP contribution in [0, 0.1) is 26.7 Å². The highest BCUT2D eigenvalue weighted by Gasteiger charge is 2.25. The van der Waals surface area contributed by atoms with Gasteiger partial charge in [-0.05, 0) is 65.6 Å². The van der Waals surface area contributed by atoms with Gasteiger partial charge in [-0.25, -0.2) is 0 Å². The second-order valence-electron chi connectivity index (χ2n) is 7.19. The van der Waals surface area contributed by atoms with Crippen molar-refractivity contribution in [2.24, 2.45) is 5.92 Å². The fraction of sp³-hybridized carbons (Fsp3) is 0.579. The first-order valence-corrected chi connectivity index (χ1v) is 8.93. The molecule has 6 nitrogen and oxygen atoms in total. The van der Waals surface area contributed by atoms with Crippen LogP contribution in [0.5, 0.6) is 0 Å². The second kappa shape index (κ2) is 7.14. The number of ketones is 1. The van der Waals surface area contributed by atoms with E-state index in [4.69, 9.17) is 4.52 Å². The zero-order chi connectivity index (χ0) is 18.1. The van der Waals surface area contributed by atoms with E-state index in [0.717, 1.165) is 48.6 Å². The summed E-state index contributed by atoms with van der Waals surface area (Å²) in [6.45, 7) is 9.78. The van der Waals surface area contributed by atoms with Crippen molar-refractivity contribution in [3.8, 4) is 5.82 Å². The van der Waals surface area contributed by atoms with Gasteiger partial charge in [0.05, 0.1) is 12.6 Å². The molecule has 3 rings (SSSR count). The molecule has 136 valence electrons. The molecule has 0 bridgehead atoms. The quantitative estimate of drug-likeness (QED) is 0.844. The molecule has 25 heavy (non-hydrogen) atoms. The molecule has 1 fully saturated rings. The third kappa shape index (κ3) is 3.70. The first kappa shape index (κ1) is 17.9. The molecule has 1 N–H and O–H groups in total. The van der Waals surface area contributed by atoms with Crippen LogP contribution in [0.1, 0.15) is 47.3 Å². The van der Waals surface area contributed by atoms with Gasteiger partial charge in [-0.3, -0.25) is 14.3 Å². The van der Waals surface area contributed by atoms with Crippen LogP contribution in [0.3, 0.4) is 0 Å². The molecule has 2 aromatic heterocycles. The Morgan fingerprint density at radius 3 is 2.56 bits per heavy atom. The average Bonchev–Trinajstić information content (AvgIpc) is 3.11. The maximum atomic E-state index is 12.8. The minimum atomic E-state index is -0.261. The van der Waals surface area contributed by atoms with Crippen molar-refractivity contribution in [3.05, 3.63) is 34.8 Å². The molecule has 0 radical (unpaired) electrons. The zero-order valence-corrected chi connectivity index (χ0v) is 15.5. The number of aryl methyl sites for hydroxylation is 2. The van der Waals surface area contributed by atoms with Gasteiger partial charge in [0.25, 0.3) is 0 Å². The smallest absolute Gasteiger partial charge is 0.180 e. The molecule has 0 saturated carbocycles. The van der Waals surface area contributed by atoms with Crippen molar-refractivity contribution in [3.63, 3.8) is 0 Å². The number of piperidine rings is 1. The maximum absolute atomic E-state index is 12.8. The van der Waals surface area contributed by atoms with Crippen molar-refractivity contribution < 1.29 is 14.4 Å². The SMILES string of the molecule is Cc1cc(-n2c(C)cc(C(=O)CN3CCC(C(C)O)CC3)c2C)no1. The third-order valence-corrected chi connectivity index (χ3v) is 5.26. The van der Waals surface area contributed by atoms with Gasteiger partial charge in [-0.2, -0.15) is 0 Å². The molecule has 2 aromatic rings. The summed E-state index contributed by atoms with van der Waals surface area (Å²) in [4.78, 5) is 15.0. The van der Waals surface area contributed by atoms with E-state index in [1.165, 1.54) is 0 Å². The van der Waals surface area contributed by atoms with E-state index in [0.29, 0.717) is 18.3 Å². The number of carbonyl (C=O) groups excluding carboxylic acids is 1. The Balaban J connectivity index is 1.71. The fourth-order valence-electron chi connectivity index (χ4n) is 3.74. The van der Waals surface area contributed by atoms with Gasteiger partial charge in [-0.1, -0.05) is 5.16 Å². The molecule has 1 aliphatic heterocycles. The summed E-state index contributed by atoms with van der Waals surface area (Å²) in [5, 5.41) is 13.8. The van der Waals surface area contributed by atoms with Gasteiger partial charge < -0.3 is 9.63 Å². The Kier molecular flexibility index (Phi) is 5.11. The van der Waals surface area contributed by atoms with Crippen LogP contribution in [0.2, 0.25) is 0 Å². The second-order valence-corrected chi connectivity index (χ2v) is 7.19. The topological polar surface area (TPSA) is 71.5 Å². The number of hydrogen-bond acceptors (Lipinski definition) is 5. The largest absolute Gasteiger partial charge is 0.393 e. The van der Waals surface area contributed by atoms with Crippen LogP contribution in [0.25, 0.3) is 5.82 Å². The summed E-state index contributed by atoms with van der Waals surface area (Å²) in [6.07, 6.45) is 1.63. The summed E-state index contributed by atoms with van der Waals surface area (Å²) >= 11 is 0. The molecule has 1 atom stereocenters. The van der Waals surface area contributed by atoms with Gasteiger partial charge in [0, 0.05) is 23.0 Å². The molecular formula is C19H27N3O3. The van der Waals surface area contributed by atoms with Crippen LogP contribution >= 0.6 is 0 Å². The van der Waals surface area contributed by atoms with Crippen molar-refractivity contribution in [1.82, 2.24) is 14.6 Å². The summed E-state index contributed by atoms with van der Waals surface area (Å²) in [6, 6.07) is 3.80. The molecule has 0 spiro atoms. The number of Topliss-reactive ketones (excluding diaryl/α,β-unsaturated/α-hetero) is 1. The number of aromatic nitrogens is 2. The lowest BCUT2D eigenvalue weighted by molar-refractivity contribution is 0.0664. The van der Waals surface area contributed by atoms with Crippen molar-refractivity contribution in [2.75, 3.05) is 19.6 Å². The fourth-order valence-corrected chi connectivity index (χ4v) is 3.74. The van der Waals surface area contributed by atoms with Crippen LogP contribution in [-0.4, -0.2) is 51.3 Å². The lowest BCUT2D eigenvalue weighted by Crippen LogP contribution is -2.39. The number of aliphatic hydroxyl groups is 1. The van der Waals surface area contributed by atoms with Crippen LogP contribution in [0.15, 0.2) is 16.7 Å². The van der Waals surface area contributed by atoms with E-state index < -0.39 is 0 Å². The molecule has 0 aliphatic carbocycles. The molecule has 1 saturated heterocycles. The summed E-state index contributed by atoms with van der Waals surface area (Å²) < 4.78 is 7.13. The monoisotopic (exact) mass is 345 g/mol. The van der Waals surface area contributed by atoms with Crippen molar-refractivity contribution in [1.29, 1.82) is 0 Å². The number of rotatable bonds is 5. The number of likely N-dealkylation sites (tertiary alicyclic amines) is 1. The Labute approximate surface area is 148 Å². The molecule has 3 heterocycles. The lowest BCUT2D eigenvalue weighted by Gasteiger charge is -2.32. The maximum Gasteiger partial charge on any atom is 0.180 e. The van der Waals surface area contributed by atoms with Crippen molar-refractivity contribution >= 4 is 5.78 Å². The molecule has 6 heteroatoms. The van der Waals surface area contributed by atoms with Gasteiger partial charge in [-0.15, -0.1) is 0 Å². The van der Waals surface area contributed by atoms with Gasteiger partial charge in [0.15, 0.2) is 11.6 Å². The van der Waals surface area contributed by atoms with Crippen LogP contribution in [-0.2, 0) is 0 Å². The highest BCUT2D eigenvalue weighted by molar-refractivity contribution is 5.99. The van der Waals surface area contributed by atoms with E-state index in [1.54, 1.807) is 0 Å². The molecule has 1 aliphatic rings. The highest BCUT2D eigenvalue weighted by atomic mass is 16.5. The van der Waals surface area contributed by atoms with E-state index in [1.807, 2.05) is 44.4 Å². The first-order chi connectivity index (χ1) is 11.9. The van der Waals surface area contributed by atoms with Gasteiger partial charge in [0.1, 0.15) is 5.76 Å². The van der Waals surface area contributed by atoms with E-state index in [9.17, 15) is 9.90 Å². The predicted molar refractivity (Wildman–Crippen MR) is 95.2 cm³/mol. The van der Waals surface area contributed by atoms with Crippen LogP contribution < -0.4 is 0 Å². The normalized spacial score (nSPS) is 17.8. The minimum Gasteiger partial charge on any atom is -0.393 e. The third-order valence-electron chi connectivity index (χ3n) is 5.26. The van der Waals surface area contributed by atoms with E-state index in [2.05, 4.69) is 10.1 Å². The highest BCUT2D eigenvalue weighted by Crippen LogP contribution is 2.23. The molecule has 0 amide bonds. The summed E-state index contributed by atoms with van der Waals surface area (Å²) in [7, 11) is 0. The number of nitrogens with zero attached hydrogens (tertiary/aromatic N) is 3. The Bertz CT molecular complexity index is 752. The molecular weight excluding hydrogens is 318 g/mol. The molecule has 1 unspecified atom stereocenters. The molecule has 0 aromatic carbocycles. The predicted octanol–water partition coefficient (Wildman–Crippen LogP) is 2.67.